The van der Waals surface area contributed by atoms with Gasteiger partial charge in [0.05, 0.1) is 0 Å². The number of carbonyl (C=O) groups excluding carboxylic acids is 1. The summed E-state index contributed by atoms with van der Waals surface area (Å²) in [6, 6.07) is 3.27. The summed E-state index contributed by atoms with van der Waals surface area (Å²) in [6.45, 7) is 5.15. The van der Waals surface area contributed by atoms with E-state index in [1.54, 1.807) is 32.9 Å². The molecular formula is C11H15BrN2O3S. The van der Waals surface area contributed by atoms with E-state index in [0.717, 1.165) is 4.47 Å². The quantitative estimate of drug-likeness (QED) is 0.790. The van der Waals surface area contributed by atoms with E-state index < -0.39 is 21.4 Å². The minimum atomic E-state index is -2.90. The third-order valence-electron chi connectivity index (χ3n) is 1.73. The molecule has 100 valence electrons. The van der Waals surface area contributed by atoms with Gasteiger partial charge in [0, 0.05) is 16.9 Å². The summed E-state index contributed by atoms with van der Waals surface area (Å²) in [4.78, 5) is 15.5. The minimum Gasteiger partial charge on any atom is -0.442 e. The second-order valence-corrected chi connectivity index (χ2v) is 7.81. The van der Waals surface area contributed by atoms with Crippen molar-refractivity contribution in [2.24, 2.45) is 4.36 Å². The smallest absolute Gasteiger partial charge is 0.442 e. The van der Waals surface area contributed by atoms with Crippen LogP contribution in [0.15, 0.2) is 32.2 Å². The zero-order valence-corrected chi connectivity index (χ0v) is 13.0. The van der Waals surface area contributed by atoms with Crippen molar-refractivity contribution in [2.45, 2.75) is 31.4 Å². The van der Waals surface area contributed by atoms with Gasteiger partial charge in [0.2, 0.25) is 0 Å². The number of amides is 1. The van der Waals surface area contributed by atoms with Gasteiger partial charge < -0.3 is 4.74 Å². The van der Waals surface area contributed by atoms with Gasteiger partial charge in [0.25, 0.3) is 0 Å². The Morgan fingerprint density at radius 1 is 1.50 bits per heavy atom. The molecule has 1 aromatic rings. The van der Waals surface area contributed by atoms with Crippen molar-refractivity contribution < 1.29 is 13.7 Å². The standard InChI is InChI=1S/C11H15BrN2O3S/c1-11(2,3)17-10(15)14-18(4,16)9-7-8(12)5-6-13-9/h5-7H,1-4H3/t18-/m1/s1. The third kappa shape index (κ3) is 4.73. The lowest BCUT2D eigenvalue weighted by Gasteiger charge is -2.17. The van der Waals surface area contributed by atoms with Crippen LogP contribution in [0, 0.1) is 0 Å². The van der Waals surface area contributed by atoms with Gasteiger partial charge in [-0.3, -0.25) is 0 Å². The van der Waals surface area contributed by atoms with E-state index >= 15 is 0 Å². The maximum Gasteiger partial charge on any atom is 0.442 e. The second kappa shape index (κ2) is 5.36. The Balaban J connectivity index is 3.07. The Labute approximate surface area is 115 Å². The normalized spacial score (nSPS) is 14.7. The molecule has 0 fully saturated rings. The Morgan fingerprint density at radius 3 is 2.61 bits per heavy atom. The maximum atomic E-state index is 12.3. The molecule has 0 radical (unpaired) electrons. The van der Waals surface area contributed by atoms with Crippen LogP contribution in [-0.4, -0.2) is 27.1 Å². The highest BCUT2D eigenvalue weighted by atomic mass is 79.9. The summed E-state index contributed by atoms with van der Waals surface area (Å²) in [7, 11) is -2.90. The predicted octanol–water partition coefficient (Wildman–Crippen LogP) is 3.24. The lowest BCUT2D eigenvalue weighted by atomic mass is 10.2. The molecule has 1 heterocycles. The van der Waals surface area contributed by atoms with Crippen molar-refractivity contribution in [3.63, 3.8) is 0 Å². The van der Waals surface area contributed by atoms with Crippen LogP contribution in [0.1, 0.15) is 20.8 Å². The Morgan fingerprint density at radius 2 is 2.11 bits per heavy atom. The van der Waals surface area contributed by atoms with E-state index in [-0.39, 0.29) is 5.03 Å². The Kier molecular flexibility index (Phi) is 4.50. The molecule has 1 rings (SSSR count). The zero-order chi connectivity index (χ0) is 14.0. The fraction of sp³-hybridized carbons (Fsp3) is 0.455. The summed E-state index contributed by atoms with van der Waals surface area (Å²) >= 11 is 3.25. The summed E-state index contributed by atoms with van der Waals surface area (Å²) < 4.78 is 21.6. The van der Waals surface area contributed by atoms with Crippen molar-refractivity contribution >= 4 is 31.8 Å². The highest BCUT2D eigenvalue weighted by Crippen LogP contribution is 2.16. The molecule has 0 aromatic carbocycles. The van der Waals surface area contributed by atoms with E-state index in [1.807, 2.05) is 0 Å². The van der Waals surface area contributed by atoms with Crippen LogP contribution in [0.4, 0.5) is 4.79 Å². The first-order chi connectivity index (χ1) is 8.10. The third-order valence-corrected chi connectivity index (χ3v) is 3.72. The molecule has 0 aliphatic carbocycles. The second-order valence-electron chi connectivity index (χ2n) is 4.69. The Hall–Kier alpha value is -0.950. The van der Waals surface area contributed by atoms with Gasteiger partial charge in [-0.1, -0.05) is 15.9 Å². The topological polar surface area (TPSA) is 68.6 Å². The van der Waals surface area contributed by atoms with Gasteiger partial charge in [-0.05, 0) is 32.9 Å². The number of pyridine rings is 1. The maximum absolute atomic E-state index is 12.3. The molecule has 0 saturated heterocycles. The number of rotatable bonds is 1. The molecule has 7 heteroatoms. The average molecular weight is 335 g/mol. The van der Waals surface area contributed by atoms with Gasteiger partial charge in [-0.2, -0.15) is 0 Å². The van der Waals surface area contributed by atoms with Crippen LogP contribution in [0.5, 0.6) is 0 Å². The first kappa shape index (κ1) is 15.1. The monoisotopic (exact) mass is 334 g/mol. The summed E-state index contributed by atoms with van der Waals surface area (Å²) in [5.74, 6) is 0. The fourth-order valence-electron chi connectivity index (χ4n) is 1.06. The van der Waals surface area contributed by atoms with Crippen molar-refractivity contribution in [3.05, 3.63) is 22.8 Å². The van der Waals surface area contributed by atoms with Gasteiger partial charge in [-0.15, -0.1) is 4.36 Å². The lowest BCUT2D eigenvalue weighted by molar-refractivity contribution is 0.0607. The zero-order valence-electron chi connectivity index (χ0n) is 10.6. The van der Waals surface area contributed by atoms with E-state index in [4.69, 9.17) is 4.74 Å². The number of hydrogen-bond acceptors (Lipinski definition) is 4. The SMILES string of the molecule is CC(C)(C)OC(=O)N=[S@](C)(=O)c1cc(Br)ccn1. The number of carbonyl (C=O) groups is 1. The molecule has 0 N–H and O–H groups in total. The number of hydrogen-bond donors (Lipinski definition) is 0. The molecule has 1 atom stereocenters. The van der Waals surface area contributed by atoms with E-state index in [2.05, 4.69) is 25.3 Å². The van der Waals surface area contributed by atoms with E-state index in [9.17, 15) is 9.00 Å². The van der Waals surface area contributed by atoms with E-state index in [1.165, 1.54) is 12.5 Å². The largest absolute Gasteiger partial charge is 0.442 e. The van der Waals surface area contributed by atoms with Gasteiger partial charge in [0.15, 0.2) is 0 Å². The molecule has 18 heavy (non-hydrogen) atoms. The number of nitrogens with zero attached hydrogens (tertiary/aromatic N) is 2. The fourth-order valence-corrected chi connectivity index (χ4v) is 2.57. The van der Waals surface area contributed by atoms with Crippen LogP contribution in [0.3, 0.4) is 0 Å². The molecule has 0 aliphatic heterocycles. The summed E-state index contributed by atoms with van der Waals surface area (Å²) in [5, 5.41) is 0.239. The predicted molar refractivity (Wildman–Crippen MR) is 72.9 cm³/mol. The van der Waals surface area contributed by atoms with Crippen LogP contribution < -0.4 is 0 Å². The van der Waals surface area contributed by atoms with Gasteiger partial charge in [-0.25, -0.2) is 14.0 Å². The number of ether oxygens (including phenoxy) is 1. The average Bonchev–Trinajstić information content (AvgIpc) is 2.13. The van der Waals surface area contributed by atoms with Crippen molar-refractivity contribution in [2.75, 3.05) is 6.26 Å². The van der Waals surface area contributed by atoms with Crippen LogP contribution >= 0.6 is 15.9 Å². The molecule has 0 spiro atoms. The molecule has 1 amide bonds. The molecular weight excluding hydrogens is 320 g/mol. The highest BCUT2D eigenvalue weighted by molar-refractivity contribution is 9.10. The van der Waals surface area contributed by atoms with E-state index in [0.29, 0.717) is 0 Å². The van der Waals surface area contributed by atoms with Crippen LogP contribution in [0.25, 0.3) is 0 Å². The molecule has 5 nitrogen and oxygen atoms in total. The minimum absolute atomic E-state index is 0.239. The molecule has 0 saturated carbocycles. The van der Waals surface area contributed by atoms with Crippen LogP contribution in [0.2, 0.25) is 0 Å². The molecule has 0 unspecified atom stereocenters. The van der Waals surface area contributed by atoms with Crippen molar-refractivity contribution in [1.29, 1.82) is 0 Å². The summed E-state index contributed by atoms with van der Waals surface area (Å²) in [6.07, 6.45) is 2.00. The first-order valence-electron chi connectivity index (χ1n) is 5.17. The van der Waals surface area contributed by atoms with Gasteiger partial charge in [0.1, 0.15) is 20.4 Å². The number of aromatic nitrogens is 1. The molecule has 0 bridgehead atoms. The lowest BCUT2D eigenvalue weighted by Crippen LogP contribution is -2.22. The van der Waals surface area contributed by atoms with Crippen LogP contribution in [-0.2, 0) is 14.5 Å². The first-order valence-corrected chi connectivity index (χ1v) is 7.88. The molecule has 0 aliphatic rings. The number of halogens is 1. The van der Waals surface area contributed by atoms with Crippen molar-refractivity contribution in [1.82, 2.24) is 4.98 Å². The Bertz CT molecular complexity index is 572. The molecule has 1 aromatic heterocycles. The summed E-state index contributed by atoms with van der Waals surface area (Å²) in [5.41, 5.74) is -0.666. The van der Waals surface area contributed by atoms with Crippen molar-refractivity contribution in [3.8, 4) is 0 Å². The highest BCUT2D eigenvalue weighted by Gasteiger charge is 2.18. The van der Waals surface area contributed by atoms with Gasteiger partial charge >= 0.3 is 6.09 Å².